The Kier molecular flexibility index (Phi) is 5.22. The quantitative estimate of drug-likeness (QED) is 0.556. The van der Waals surface area contributed by atoms with E-state index < -0.39 is 35.1 Å². The van der Waals surface area contributed by atoms with Crippen molar-refractivity contribution in [3.63, 3.8) is 0 Å². The lowest BCUT2D eigenvalue weighted by Gasteiger charge is -2.40. The lowest BCUT2D eigenvalue weighted by atomic mass is 9.71. The second-order valence-corrected chi connectivity index (χ2v) is 8.44. The number of aliphatic hydroxyl groups excluding tert-OH is 1. The molecule has 176 valence electrons. The first-order valence-electron chi connectivity index (χ1n) is 10.8. The van der Waals surface area contributed by atoms with Crippen LogP contribution in [-0.4, -0.2) is 48.6 Å². The zero-order valence-corrected chi connectivity index (χ0v) is 19.0. The SMILES string of the molecule is COC(=O)[C@H]1[C@@H](O)[C@@]2(O)c3ncc(OC)cc3O[C@@]2(c2ccc(OC)cc2)[C@@H]1c1ccccc1. The van der Waals surface area contributed by atoms with Gasteiger partial charge >= 0.3 is 5.97 Å². The van der Waals surface area contributed by atoms with E-state index in [0.29, 0.717) is 22.6 Å². The number of benzene rings is 2. The number of carbonyl (C=O) groups is 1. The minimum Gasteiger partial charge on any atom is -0.497 e. The molecule has 1 aliphatic carbocycles. The highest BCUT2D eigenvalue weighted by molar-refractivity contribution is 5.77. The van der Waals surface area contributed by atoms with Crippen LogP contribution in [0.25, 0.3) is 0 Å². The number of ether oxygens (including phenoxy) is 4. The van der Waals surface area contributed by atoms with Crippen molar-refractivity contribution in [1.29, 1.82) is 0 Å². The van der Waals surface area contributed by atoms with Crippen LogP contribution >= 0.6 is 0 Å². The molecular weight excluding hydrogens is 438 g/mol. The fraction of sp³-hybridized carbons (Fsp3) is 0.308. The summed E-state index contributed by atoms with van der Waals surface area (Å²) in [5.41, 5.74) is -2.29. The van der Waals surface area contributed by atoms with E-state index in [1.54, 1.807) is 37.4 Å². The number of pyridine rings is 1. The molecule has 0 unspecified atom stereocenters. The van der Waals surface area contributed by atoms with Crippen LogP contribution in [0.15, 0.2) is 66.9 Å². The lowest BCUT2D eigenvalue weighted by Crippen LogP contribution is -2.52. The highest BCUT2D eigenvalue weighted by atomic mass is 16.5. The van der Waals surface area contributed by atoms with Crippen molar-refractivity contribution in [2.24, 2.45) is 5.92 Å². The third-order valence-electron chi connectivity index (χ3n) is 6.98. The van der Waals surface area contributed by atoms with Gasteiger partial charge in [0.05, 0.1) is 33.4 Å². The Bertz CT molecular complexity index is 1220. The molecule has 2 heterocycles. The normalized spacial score (nSPS) is 29.0. The molecule has 5 atom stereocenters. The number of hydrogen-bond acceptors (Lipinski definition) is 8. The number of hydrogen-bond donors (Lipinski definition) is 2. The molecule has 1 aliphatic heterocycles. The molecule has 3 aromatic rings. The fourth-order valence-corrected chi connectivity index (χ4v) is 5.49. The number of aliphatic hydroxyl groups is 2. The molecule has 0 radical (unpaired) electrons. The molecule has 1 saturated carbocycles. The van der Waals surface area contributed by atoms with Crippen LogP contribution < -0.4 is 14.2 Å². The van der Waals surface area contributed by atoms with Crippen molar-refractivity contribution in [2.75, 3.05) is 21.3 Å². The van der Waals surface area contributed by atoms with Crippen molar-refractivity contribution < 1.29 is 34.0 Å². The minimum atomic E-state index is -2.07. The van der Waals surface area contributed by atoms with Crippen LogP contribution in [0.3, 0.4) is 0 Å². The van der Waals surface area contributed by atoms with Gasteiger partial charge in [0.15, 0.2) is 11.2 Å². The molecule has 1 fully saturated rings. The summed E-state index contributed by atoms with van der Waals surface area (Å²) in [4.78, 5) is 17.5. The van der Waals surface area contributed by atoms with Crippen LogP contribution in [0.2, 0.25) is 0 Å². The van der Waals surface area contributed by atoms with E-state index in [9.17, 15) is 15.0 Å². The molecule has 34 heavy (non-hydrogen) atoms. The Balaban J connectivity index is 1.84. The first-order valence-corrected chi connectivity index (χ1v) is 10.8. The van der Waals surface area contributed by atoms with Crippen molar-refractivity contribution in [3.05, 3.63) is 83.7 Å². The number of methoxy groups -OCH3 is 3. The van der Waals surface area contributed by atoms with Gasteiger partial charge in [-0.2, -0.15) is 0 Å². The van der Waals surface area contributed by atoms with E-state index in [2.05, 4.69) is 4.98 Å². The molecule has 2 aliphatic rings. The molecule has 8 nitrogen and oxygen atoms in total. The number of esters is 1. The molecule has 1 aromatic heterocycles. The Morgan fingerprint density at radius 1 is 1.00 bits per heavy atom. The van der Waals surface area contributed by atoms with Gasteiger partial charge in [-0.15, -0.1) is 0 Å². The fourth-order valence-electron chi connectivity index (χ4n) is 5.49. The lowest BCUT2D eigenvalue weighted by molar-refractivity contribution is -0.162. The van der Waals surface area contributed by atoms with E-state index >= 15 is 0 Å². The van der Waals surface area contributed by atoms with Crippen LogP contribution in [0.5, 0.6) is 17.2 Å². The average molecular weight is 463 g/mol. The third kappa shape index (κ3) is 2.79. The number of carbonyl (C=O) groups excluding carboxylic acids is 1. The van der Waals surface area contributed by atoms with E-state index in [-0.39, 0.29) is 11.4 Å². The molecule has 2 aromatic carbocycles. The van der Waals surface area contributed by atoms with Crippen molar-refractivity contribution in [1.82, 2.24) is 4.98 Å². The summed E-state index contributed by atoms with van der Waals surface area (Å²) in [6, 6.07) is 17.8. The molecule has 0 spiro atoms. The zero-order valence-electron chi connectivity index (χ0n) is 19.0. The maximum Gasteiger partial charge on any atom is 0.312 e. The van der Waals surface area contributed by atoms with Crippen LogP contribution in [0, 0.1) is 5.92 Å². The maximum absolute atomic E-state index is 13.1. The van der Waals surface area contributed by atoms with Gasteiger partial charge in [-0.25, -0.2) is 0 Å². The molecular formula is C26H25NO7. The van der Waals surface area contributed by atoms with Gasteiger partial charge in [0.25, 0.3) is 0 Å². The Labute approximate surface area is 196 Å². The molecule has 0 amide bonds. The predicted molar refractivity (Wildman–Crippen MR) is 121 cm³/mol. The van der Waals surface area contributed by atoms with E-state index in [0.717, 1.165) is 0 Å². The Morgan fingerprint density at radius 3 is 2.29 bits per heavy atom. The monoisotopic (exact) mass is 463 g/mol. The maximum atomic E-state index is 13.1. The third-order valence-corrected chi connectivity index (χ3v) is 6.98. The first-order chi connectivity index (χ1) is 16.4. The minimum absolute atomic E-state index is 0.129. The van der Waals surface area contributed by atoms with Crippen molar-refractivity contribution in [2.45, 2.75) is 23.2 Å². The predicted octanol–water partition coefficient (Wildman–Crippen LogP) is 2.52. The first kappa shape index (κ1) is 22.2. The van der Waals surface area contributed by atoms with Gasteiger partial charge in [-0.1, -0.05) is 42.5 Å². The summed E-state index contributed by atoms with van der Waals surface area (Å²) in [6.45, 7) is 0. The molecule has 0 saturated heterocycles. The largest absolute Gasteiger partial charge is 0.497 e. The van der Waals surface area contributed by atoms with Crippen molar-refractivity contribution >= 4 is 5.97 Å². The van der Waals surface area contributed by atoms with E-state index in [1.165, 1.54) is 20.4 Å². The highest BCUT2D eigenvalue weighted by Gasteiger charge is 2.78. The van der Waals surface area contributed by atoms with Gasteiger partial charge in [0, 0.05) is 12.0 Å². The second-order valence-electron chi connectivity index (χ2n) is 8.44. The Hall–Kier alpha value is -3.62. The molecule has 8 heteroatoms. The molecule has 5 rings (SSSR count). The standard InChI is InChI=1S/C26H25NO7/c1-31-17-11-9-16(10-12-17)26-21(15-7-5-4-6-8-15)20(24(29)33-3)23(28)25(26,30)22-19(34-26)13-18(32-2)14-27-22/h4-14,20-21,23,28,30H,1-3H3/t20-,21-,23-,25+,26+/m1/s1. The number of aromatic nitrogens is 1. The van der Waals surface area contributed by atoms with Gasteiger partial charge in [0.1, 0.15) is 29.0 Å². The smallest absolute Gasteiger partial charge is 0.312 e. The summed E-state index contributed by atoms with van der Waals surface area (Å²) in [7, 11) is 4.32. The summed E-state index contributed by atoms with van der Waals surface area (Å²) in [6.07, 6.45) is -0.130. The number of rotatable bonds is 5. The van der Waals surface area contributed by atoms with Gasteiger partial charge in [-0.05, 0) is 23.3 Å². The van der Waals surface area contributed by atoms with Crippen LogP contribution in [-0.2, 0) is 20.7 Å². The average Bonchev–Trinajstić information content (AvgIpc) is 3.26. The summed E-state index contributed by atoms with van der Waals surface area (Å²) in [5, 5.41) is 24.0. The topological polar surface area (TPSA) is 107 Å². The van der Waals surface area contributed by atoms with E-state index in [1.807, 2.05) is 30.3 Å². The van der Waals surface area contributed by atoms with E-state index in [4.69, 9.17) is 18.9 Å². The summed E-state index contributed by atoms with van der Waals surface area (Å²) >= 11 is 0. The van der Waals surface area contributed by atoms with Crippen LogP contribution in [0.1, 0.15) is 22.7 Å². The van der Waals surface area contributed by atoms with Crippen LogP contribution in [0.4, 0.5) is 0 Å². The highest BCUT2D eigenvalue weighted by Crippen LogP contribution is 2.68. The summed E-state index contributed by atoms with van der Waals surface area (Å²) < 4.78 is 22.3. The molecule has 0 bridgehead atoms. The zero-order chi connectivity index (χ0) is 24.1. The number of fused-ring (bicyclic) bond motifs is 3. The second kappa shape index (κ2) is 8.00. The Morgan fingerprint density at radius 2 is 1.68 bits per heavy atom. The molecule has 2 N–H and O–H groups in total. The number of nitrogens with zero attached hydrogens (tertiary/aromatic N) is 1. The summed E-state index contributed by atoms with van der Waals surface area (Å²) in [5.74, 6) is -1.29. The van der Waals surface area contributed by atoms with Crippen molar-refractivity contribution in [3.8, 4) is 17.2 Å². The van der Waals surface area contributed by atoms with Gasteiger partial charge in [-0.3, -0.25) is 9.78 Å². The van der Waals surface area contributed by atoms with Gasteiger partial charge < -0.3 is 29.2 Å². The van der Waals surface area contributed by atoms with Gasteiger partial charge in [0.2, 0.25) is 0 Å².